The van der Waals surface area contributed by atoms with Gasteiger partial charge in [0.1, 0.15) is 5.75 Å². The van der Waals surface area contributed by atoms with Gasteiger partial charge in [0.15, 0.2) is 11.5 Å². The van der Waals surface area contributed by atoms with Gasteiger partial charge in [-0.3, -0.25) is 9.69 Å². The van der Waals surface area contributed by atoms with Crippen molar-refractivity contribution in [1.82, 2.24) is 4.90 Å². The molecule has 0 atom stereocenters. The number of halogens is 1. The third-order valence-electron chi connectivity index (χ3n) is 4.58. The van der Waals surface area contributed by atoms with Gasteiger partial charge < -0.3 is 19.1 Å². The van der Waals surface area contributed by atoms with Crippen LogP contribution in [-0.2, 0) is 11.3 Å². The summed E-state index contributed by atoms with van der Waals surface area (Å²) in [6.07, 6.45) is 0. The minimum absolute atomic E-state index is 0.0439. The number of hydrogen-bond acceptors (Lipinski definition) is 5. The number of hydrogen-bond donors (Lipinski definition) is 0. The van der Waals surface area contributed by atoms with E-state index in [4.69, 9.17) is 25.8 Å². The Labute approximate surface area is 164 Å². The van der Waals surface area contributed by atoms with Crippen molar-refractivity contribution in [2.24, 2.45) is 0 Å². The molecule has 0 saturated carbocycles. The first-order chi connectivity index (χ1) is 13.0. The number of carbonyl (C=O) groups excluding carboxylic acids is 1. The lowest BCUT2D eigenvalue weighted by Crippen LogP contribution is -2.50. The van der Waals surface area contributed by atoms with E-state index >= 15 is 0 Å². The molecule has 6 nitrogen and oxygen atoms in total. The van der Waals surface area contributed by atoms with Crippen LogP contribution < -0.4 is 19.1 Å². The molecule has 0 bridgehead atoms. The van der Waals surface area contributed by atoms with Gasteiger partial charge in [-0.1, -0.05) is 17.7 Å². The molecular formula is C20H23ClN2O4. The summed E-state index contributed by atoms with van der Waals surface area (Å²) >= 11 is 6.19. The maximum Gasteiger partial charge on any atom is 0.241 e. The lowest BCUT2D eigenvalue weighted by Gasteiger charge is -2.34. The zero-order chi connectivity index (χ0) is 19.4. The number of piperazine rings is 1. The molecule has 0 N–H and O–H groups in total. The van der Waals surface area contributed by atoms with Gasteiger partial charge in [-0.05, 0) is 18.2 Å². The average Bonchev–Trinajstić information content (AvgIpc) is 2.67. The molecule has 1 aliphatic rings. The normalized spacial score (nSPS) is 15.0. The lowest BCUT2D eigenvalue weighted by molar-refractivity contribution is -0.121. The highest BCUT2D eigenvalue weighted by atomic mass is 35.5. The van der Waals surface area contributed by atoms with E-state index in [1.807, 2.05) is 30.3 Å². The molecule has 0 aromatic heterocycles. The molecule has 2 aromatic carbocycles. The molecule has 2 aromatic rings. The highest BCUT2D eigenvalue weighted by molar-refractivity contribution is 6.30. The van der Waals surface area contributed by atoms with Crippen molar-refractivity contribution in [2.75, 3.05) is 45.9 Å². The number of carbonyl (C=O) groups is 1. The Bertz CT molecular complexity index is 828. The van der Waals surface area contributed by atoms with E-state index in [1.165, 1.54) is 0 Å². The smallest absolute Gasteiger partial charge is 0.241 e. The van der Waals surface area contributed by atoms with Crippen LogP contribution in [0, 0.1) is 0 Å². The maximum absolute atomic E-state index is 12.7. The quantitative estimate of drug-likeness (QED) is 0.758. The molecule has 1 heterocycles. The van der Waals surface area contributed by atoms with E-state index in [9.17, 15) is 4.79 Å². The molecule has 1 fully saturated rings. The molecule has 0 radical (unpaired) electrons. The second-order valence-electron chi connectivity index (χ2n) is 6.26. The predicted octanol–water partition coefficient (Wildman–Crippen LogP) is 3.21. The standard InChI is InChI=1S/C20H23ClN2O4/c1-25-17-6-4-5-16(11-17)23-8-7-22(13-19(23)24)12-14-9-15(21)10-18(26-2)20(14)27-3/h4-6,9-11H,7-8,12-13H2,1-3H3. The maximum atomic E-state index is 12.7. The topological polar surface area (TPSA) is 51.2 Å². The molecule has 144 valence electrons. The Morgan fingerprint density at radius 1 is 1.04 bits per heavy atom. The molecule has 1 amide bonds. The van der Waals surface area contributed by atoms with Gasteiger partial charge in [-0.25, -0.2) is 0 Å². The van der Waals surface area contributed by atoms with Gasteiger partial charge >= 0.3 is 0 Å². The van der Waals surface area contributed by atoms with Crippen LogP contribution in [0.25, 0.3) is 0 Å². The minimum atomic E-state index is 0.0439. The van der Waals surface area contributed by atoms with Crippen molar-refractivity contribution in [2.45, 2.75) is 6.54 Å². The Morgan fingerprint density at radius 2 is 1.85 bits per heavy atom. The molecular weight excluding hydrogens is 368 g/mol. The number of benzene rings is 2. The summed E-state index contributed by atoms with van der Waals surface area (Å²) in [5, 5.41) is 0.573. The monoisotopic (exact) mass is 390 g/mol. The fraction of sp³-hybridized carbons (Fsp3) is 0.350. The van der Waals surface area contributed by atoms with Crippen LogP contribution >= 0.6 is 11.6 Å². The summed E-state index contributed by atoms with van der Waals surface area (Å²) in [6.45, 7) is 2.21. The molecule has 3 rings (SSSR count). The van der Waals surface area contributed by atoms with Crippen LogP contribution in [0.3, 0.4) is 0 Å². The molecule has 0 spiro atoms. The number of anilines is 1. The second kappa shape index (κ2) is 8.50. The van der Waals surface area contributed by atoms with Crippen molar-refractivity contribution in [3.05, 3.63) is 47.0 Å². The Kier molecular flexibility index (Phi) is 6.08. The number of amides is 1. The molecule has 1 aliphatic heterocycles. The first-order valence-electron chi connectivity index (χ1n) is 8.63. The Morgan fingerprint density at radius 3 is 2.52 bits per heavy atom. The van der Waals surface area contributed by atoms with Gasteiger partial charge in [0, 0.05) is 48.0 Å². The number of ether oxygens (including phenoxy) is 3. The first kappa shape index (κ1) is 19.3. The van der Waals surface area contributed by atoms with Crippen LogP contribution in [0.1, 0.15) is 5.56 Å². The number of nitrogens with zero attached hydrogens (tertiary/aromatic N) is 2. The molecule has 0 aliphatic carbocycles. The van der Waals surface area contributed by atoms with Crippen LogP contribution in [0.2, 0.25) is 5.02 Å². The summed E-state index contributed by atoms with van der Waals surface area (Å²) in [5.41, 5.74) is 1.74. The Hall–Kier alpha value is -2.44. The van der Waals surface area contributed by atoms with E-state index in [2.05, 4.69) is 4.90 Å². The summed E-state index contributed by atoms with van der Waals surface area (Å²) < 4.78 is 16.1. The third-order valence-corrected chi connectivity index (χ3v) is 4.80. The van der Waals surface area contributed by atoms with Gasteiger partial charge in [0.25, 0.3) is 0 Å². The van der Waals surface area contributed by atoms with Gasteiger partial charge in [-0.2, -0.15) is 0 Å². The first-order valence-corrected chi connectivity index (χ1v) is 9.00. The van der Waals surface area contributed by atoms with Gasteiger partial charge in [-0.15, -0.1) is 0 Å². The predicted molar refractivity (Wildman–Crippen MR) is 105 cm³/mol. The van der Waals surface area contributed by atoms with Crippen molar-refractivity contribution >= 4 is 23.2 Å². The van der Waals surface area contributed by atoms with E-state index in [0.29, 0.717) is 36.2 Å². The van der Waals surface area contributed by atoms with E-state index in [1.54, 1.807) is 32.3 Å². The van der Waals surface area contributed by atoms with Gasteiger partial charge in [0.05, 0.1) is 27.9 Å². The average molecular weight is 391 g/mol. The highest BCUT2D eigenvalue weighted by Crippen LogP contribution is 2.35. The van der Waals surface area contributed by atoms with E-state index in [-0.39, 0.29) is 5.91 Å². The summed E-state index contributed by atoms with van der Waals surface area (Å²) in [6, 6.07) is 11.1. The van der Waals surface area contributed by atoms with E-state index in [0.717, 1.165) is 23.5 Å². The Balaban J connectivity index is 1.74. The van der Waals surface area contributed by atoms with E-state index < -0.39 is 0 Å². The molecule has 27 heavy (non-hydrogen) atoms. The van der Waals surface area contributed by atoms with Crippen LogP contribution in [-0.4, -0.2) is 51.8 Å². The lowest BCUT2D eigenvalue weighted by atomic mass is 10.1. The van der Waals surface area contributed by atoms with Gasteiger partial charge in [0.2, 0.25) is 5.91 Å². The summed E-state index contributed by atoms with van der Waals surface area (Å²) in [7, 11) is 4.79. The van der Waals surface area contributed by atoms with Crippen LogP contribution in [0.5, 0.6) is 17.2 Å². The molecule has 1 saturated heterocycles. The van der Waals surface area contributed by atoms with Crippen LogP contribution in [0.4, 0.5) is 5.69 Å². The molecule has 7 heteroatoms. The van der Waals surface area contributed by atoms with Crippen molar-refractivity contribution in [1.29, 1.82) is 0 Å². The minimum Gasteiger partial charge on any atom is -0.497 e. The largest absolute Gasteiger partial charge is 0.497 e. The van der Waals surface area contributed by atoms with Crippen molar-refractivity contribution in [3.8, 4) is 17.2 Å². The summed E-state index contributed by atoms with van der Waals surface area (Å²) in [5.74, 6) is 2.01. The van der Waals surface area contributed by atoms with Crippen molar-refractivity contribution in [3.63, 3.8) is 0 Å². The zero-order valence-electron chi connectivity index (χ0n) is 15.7. The zero-order valence-corrected chi connectivity index (χ0v) is 16.5. The number of rotatable bonds is 6. The SMILES string of the molecule is COc1cccc(N2CCN(Cc3cc(Cl)cc(OC)c3OC)CC2=O)c1. The van der Waals surface area contributed by atoms with Crippen molar-refractivity contribution < 1.29 is 19.0 Å². The fourth-order valence-corrected chi connectivity index (χ4v) is 3.50. The number of methoxy groups -OCH3 is 3. The second-order valence-corrected chi connectivity index (χ2v) is 6.69. The summed E-state index contributed by atoms with van der Waals surface area (Å²) in [4.78, 5) is 16.6. The van der Waals surface area contributed by atoms with Crippen LogP contribution in [0.15, 0.2) is 36.4 Å². The highest BCUT2D eigenvalue weighted by Gasteiger charge is 2.26. The third kappa shape index (κ3) is 4.28. The fourth-order valence-electron chi connectivity index (χ4n) is 3.27. The molecule has 0 unspecified atom stereocenters.